The molecule has 0 amide bonds. The standard InChI is InChI=1S/C20H33N3O3.2ClHO4.Cu/c1-11(2)14-8-24-17(21-14)20(7,18-22-15(9-25-18)12(3)4)19-23-16(10-26-19)13(5)6;2*2-1(3,4)5;/h11-16H,8-10H2,1-7H3;2*(H,2,3,4,5);/q;;;+2/p-2/t14-,15-,16-;;;/m1.../s1. The van der Waals surface area contributed by atoms with Gasteiger partial charge in [0, 0.05) is 0 Å². The number of rotatable bonds is 6. The van der Waals surface area contributed by atoms with Crippen molar-refractivity contribution in [2.24, 2.45) is 38.1 Å². The molecule has 0 aromatic carbocycles. The molecule has 0 unspecified atom stereocenters. The molecule has 3 aliphatic heterocycles. The molecule has 0 saturated heterocycles. The monoisotopic (exact) mass is 624 g/mol. The Morgan fingerprint density at radius 2 is 0.784 bits per heavy atom. The smallest absolute Gasteiger partial charge is 0.478 e. The van der Waals surface area contributed by atoms with Crippen molar-refractivity contribution in [3.63, 3.8) is 0 Å². The second-order valence-corrected chi connectivity index (χ2v) is 11.1. The van der Waals surface area contributed by atoms with Gasteiger partial charge in [0.25, 0.3) is 0 Å². The van der Waals surface area contributed by atoms with Gasteiger partial charge in [-0.2, -0.15) is 0 Å². The summed E-state index contributed by atoms with van der Waals surface area (Å²) in [6, 6.07) is 0.445. The van der Waals surface area contributed by atoms with Gasteiger partial charge in [0.15, 0.2) is 5.41 Å². The van der Waals surface area contributed by atoms with Crippen molar-refractivity contribution in [2.75, 3.05) is 19.8 Å². The van der Waals surface area contributed by atoms with Gasteiger partial charge < -0.3 is 14.2 Å². The minimum atomic E-state index is -4.94. The molecule has 0 aromatic rings. The first-order valence-corrected chi connectivity index (χ1v) is 13.6. The molecule has 3 atom stereocenters. The fourth-order valence-electron chi connectivity index (χ4n) is 3.29. The van der Waals surface area contributed by atoms with Crippen molar-refractivity contribution >= 4 is 17.7 Å². The van der Waals surface area contributed by atoms with Crippen LogP contribution in [-0.2, 0) is 31.3 Å². The topological polar surface area (TPSA) is 249 Å². The second-order valence-electron chi connectivity index (χ2n) is 9.55. The van der Waals surface area contributed by atoms with Crippen LogP contribution in [0.25, 0.3) is 0 Å². The zero-order valence-electron chi connectivity index (χ0n) is 21.5. The van der Waals surface area contributed by atoms with Crippen LogP contribution in [0.4, 0.5) is 0 Å². The Hall–Kier alpha value is -0.811. The van der Waals surface area contributed by atoms with E-state index >= 15 is 0 Å². The average molecular weight is 626 g/mol. The molecule has 0 saturated carbocycles. The molecule has 14 nitrogen and oxygen atoms in total. The molecule has 17 heteroatoms. The molecule has 0 aliphatic carbocycles. The molecule has 0 N–H and O–H groups in total. The zero-order chi connectivity index (χ0) is 28.1. The largest absolute Gasteiger partial charge is 2.00 e. The summed E-state index contributed by atoms with van der Waals surface area (Å²) in [7, 11) is -9.89. The van der Waals surface area contributed by atoms with Crippen LogP contribution in [0.1, 0.15) is 48.5 Å². The summed E-state index contributed by atoms with van der Waals surface area (Å²) in [6.07, 6.45) is 0. The first kappa shape index (κ1) is 36.2. The van der Waals surface area contributed by atoms with E-state index in [1.165, 1.54) is 0 Å². The number of hydrogen-bond acceptors (Lipinski definition) is 14. The third-order valence-electron chi connectivity index (χ3n) is 5.61. The van der Waals surface area contributed by atoms with Gasteiger partial charge in [0.1, 0.15) is 19.8 Å². The van der Waals surface area contributed by atoms with Crippen molar-refractivity contribution in [3.05, 3.63) is 0 Å². The summed E-state index contributed by atoms with van der Waals surface area (Å²) in [6.45, 7) is 16.8. The van der Waals surface area contributed by atoms with Gasteiger partial charge in [0.05, 0.1) is 18.1 Å². The summed E-state index contributed by atoms with van der Waals surface area (Å²) < 4.78 is 86.1. The summed E-state index contributed by atoms with van der Waals surface area (Å²) >= 11 is 0. The van der Waals surface area contributed by atoms with E-state index in [4.69, 9.17) is 66.5 Å². The van der Waals surface area contributed by atoms with Crippen molar-refractivity contribution in [2.45, 2.75) is 66.6 Å². The summed E-state index contributed by atoms with van der Waals surface area (Å²) in [4.78, 5) is 14.6. The molecular weight excluding hydrogens is 593 g/mol. The third kappa shape index (κ3) is 12.3. The summed E-state index contributed by atoms with van der Waals surface area (Å²) in [5.41, 5.74) is -0.781. The molecule has 3 aliphatic rings. The molecular formula is C20H33Cl2CuN3O11. The number of aliphatic imine (C=N–C) groups is 3. The summed E-state index contributed by atoms with van der Waals surface area (Å²) in [5.74, 6) is 3.14. The molecule has 0 spiro atoms. The Balaban J connectivity index is 0.00000101. The van der Waals surface area contributed by atoms with Gasteiger partial charge in [-0.25, -0.2) is 52.2 Å². The fourth-order valence-corrected chi connectivity index (χ4v) is 3.29. The third-order valence-corrected chi connectivity index (χ3v) is 5.61. The van der Waals surface area contributed by atoms with E-state index in [-0.39, 0.29) is 35.2 Å². The van der Waals surface area contributed by atoms with E-state index in [2.05, 4.69) is 41.5 Å². The van der Waals surface area contributed by atoms with E-state index < -0.39 is 25.9 Å². The van der Waals surface area contributed by atoms with Crippen LogP contribution in [0, 0.1) is 43.7 Å². The van der Waals surface area contributed by atoms with Gasteiger partial charge in [-0.1, -0.05) is 41.5 Å². The predicted molar refractivity (Wildman–Crippen MR) is 104 cm³/mol. The van der Waals surface area contributed by atoms with Gasteiger partial charge in [-0.05, 0) is 24.7 Å². The molecule has 1 radical (unpaired) electrons. The quantitative estimate of drug-likeness (QED) is 0.251. The maximum atomic E-state index is 8.49. The maximum Gasteiger partial charge on any atom is 2.00 e. The van der Waals surface area contributed by atoms with Crippen molar-refractivity contribution in [1.82, 2.24) is 0 Å². The molecule has 37 heavy (non-hydrogen) atoms. The van der Waals surface area contributed by atoms with Crippen LogP contribution in [-0.4, -0.2) is 55.6 Å². The van der Waals surface area contributed by atoms with Crippen LogP contribution in [0.3, 0.4) is 0 Å². The van der Waals surface area contributed by atoms with Crippen LogP contribution in [0.5, 0.6) is 0 Å². The molecule has 219 valence electrons. The Morgan fingerprint density at radius 1 is 0.595 bits per heavy atom. The SMILES string of the molecule is CC(C)[C@H]1COC(C(C)(C2=N[C@@H](C(C)C)CO2)C2=N[C@@H](C(C)C)CO2)=N1.[Cu+2].[O-][Cl+3]([O-])([O-])[O-].[O-][Cl+3]([O-])([O-])[O-]. The molecule has 3 rings (SSSR count). The number of hydrogen-bond donors (Lipinski definition) is 0. The molecule has 3 heterocycles. The van der Waals surface area contributed by atoms with Crippen molar-refractivity contribution < 1.29 is 89.0 Å². The fraction of sp³-hybridized carbons (Fsp3) is 0.850. The number of halogens is 2. The summed E-state index contributed by atoms with van der Waals surface area (Å²) in [5, 5.41) is 0. The number of ether oxygens (including phenoxy) is 3. The Morgan fingerprint density at radius 3 is 0.919 bits per heavy atom. The average Bonchev–Trinajstić information content (AvgIpc) is 3.45. The van der Waals surface area contributed by atoms with Gasteiger partial charge in [-0.15, -0.1) is 20.5 Å². The number of nitrogens with zero attached hydrogens (tertiary/aromatic N) is 3. The zero-order valence-corrected chi connectivity index (χ0v) is 23.9. The van der Waals surface area contributed by atoms with E-state index in [1.54, 1.807) is 0 Å². The predicted octanol–water partition coefficient (Wildman–Crippen LogP) is -6.16. The van der Waals surface area contributed by atoms with Crippen molar-refractivity contribution in [1.29, 1.82) is 0 Å². The first-order valence-electron chi connectivity index (χ1n) is 11.1. The molecule has 0 aromatic heterocycles. The second kappa shape index (κ2) is 14.5. The minimum absolute atomic E-state index is 0. The van der Waals surface area contributed by atoms with Crippen LogP contribution < -0.4 is 37.3 Å². The normalized spacial score (nSPS) is 23.5. The Bertz CT molecular complexity index is 707. The van der Waals surface area contributed by atoms with Gasteiger partial charge >= 0.3 is 17.1 Å². The Labute approximate surface area is 231 Å². The molecule has 0 bridgehead atoms. The Kier molecular flexibility index (Phi) is 14.2. The van der Waals surface area contributed by atoms with Crippen molar-refractivity contribution in [3.8, 4) is 0 Å². The van der Waals surface area contributed by atoms with E-state index in [0.29, 0.717) is 55.3 Å². The molecule has 0 fully saturated rings. The van der Waals surface area contributed by atoms with Gasteiger partial charge in [-0.3, -0.25) is 0 Å². The van der Waals surface area contributed by atoms with Gasteiger partial charge in [0.2, 0.25) is 17.7 Å². The van der Waals surface area contributed by atoms with Crippen LogP contribution >= 0.6 is 0 Å². The first-order chi connectivity index (χ1) is 16.2. The minimum Gasteiger partial charge on any atom is -0.478 e. The maximum absolute atomic E-state index is 8.49. The van der Waals surface area contributed by atoms with E-state index in [1.807, 2.05) is 6.92 Å². The van der Waals surface area contributed by atoms with Crippen LogP contribution in [0.2, 0.25) is 0 Å². The van der Waals surface area contributed by atoms with E-state index in [0.717, 1.165) is 0 Å². The van der Waals surface area contributed by atoms with Crippen LogP contribution in [0.15, 0.2) is 15.0 Å². The van der Waals surface area contributed by atoms with E-state index in [9.17, 15) is 0 Å².